The lowest BCUT2D eigenvalue weighted by Crippen LogP contribution is -2.40. The molecular formula is C13H20N2O6. The summed E-state index contributed by atoms with van der Waals surface area (Å²) in [4.78, 5) is 33.4. The molecule has 0 aromatic rings. The Hall–Kier alpha value is -2.12. The highest BCUT2D eigenvalue weighted by Gasteiger charge is 2.41. The Balaban J connectivity index is 2.60. The lowest BCUT2D eigenvalue weighted by molar-refractivity contribution is -0.517. The molecule has 0 bridgehead atoms. The number of rotatable bonds is 4. The zero-order chi connectivity index (χ0) is 16.2. The molecular weight excluding hydrogens is 280 g/mol. The van der Waals surface area contributed by atoms with Gasteiger partial charge in [0.05, 0.1) is 19.1 Å². The third-order valence-corrected chi connectivity index (χ3v) is 2.89. The molecule has 1 unspecified atom stereocenters. The normalized spacial score (nSPS) is 22.5. The van der Waals surface area contributed by atoms with Crippen LogP contribution < -0.4 is 5.32 Å². The standard InChI is InChI=1S/C13H20N2O6/c1-13(2,3)21-12(17)14-9-6-5-8(7-9)10(15(18)19)11(16)20-4/h5-6,8-10H,7H2,1-4H3,(H,14,17)/t8-,9+,10?/m1/s1. The van der Waals surface area contributed by atoms with Crippen LogP contribution in [0.3, 0.4) is 0 Å². The third kappa shape index (κ3) is 5.05. The number of amides is 1. The molecule has 1 aliphatic carbocycles. The molecule has 8 nitrogen and oxygen atoms in total. The molecule has 0 aromatic heterocycles. The smallest absolute Gasteiger partial charge is 0.408 e. The van der Waals surface area contributed by atoms with Crippen molar-refractivity contribution in [1.29, 1.82) is 0 Å². The molecule has 0 heterocycles. The maximum atomic E-state index is 11.6. The number of carbonyl (C=O) groups excluding carboxylic acids is 2. The van der Waals surface area contributed by atoms with Gasteiger partial charge >= 0.3 is 18.1 Å². The van der Waals surface area contributed by atoms with E-state index in [9.17, 15) is 19.7 Å². The van der Waals surface area contributed by atoms with Crippen molar-refractivity contribution in [2.24, 2.45) is 5.92 Å². The maximum absolute atomic E-state index is 11.6. The molecule has 3 atom stereocenters. The van der Waals surface area contributed by atoms with E-state index in [2.05, 4.69) is 10.1 Å². The van der Waals surface area contributed by atoms with E-state index >= 15 is 0 Å². The van der Waals surface area contributed by atoms with Gasteiger partial charge in [0, 0.05) is 4.92 Å². The van der Waals surface area contributed by atoms with E-state index in [0.717, 1.165) is 7.11 Å². The van der Waals surface area contributed by atoms with Crippen molar-refractivity contribution >= 4 is 12.1 Å². The summed E-state index contributed by atoms with van der Waals surface area (Å²) in [5.41, 5.74) is -0.624. The molecule has 0 spiro atoms. The molecule has 1 N–H and O–H groups in total. The fraction of sp³-hybridized carbons (Fsp3) is 0.692. The van der Waals surface area contributed by atoms with Crippen molar-refractivity contribution in [3.05, 3.63) is 22.3 Å². The largest absolute Gasteiger partial charge is 0.464 e. The molecule has 0 saturated carbocycles. The lowest BCUT2D eigenvalue weighted by atomic mass is 9.99. The molecule has 0 aromatic carbocycles. The van der Waals surface area contributed by atoms with Crippen molar-refractivity contribution in [3.63, 3.8) is 0 Å². The van der Waals surface area contributed by atoms with Crippen molar-refractivity contribution < 1.29 is 24.0 Å². The van der Waals surface area contributed by atoms with Crippen LogP contribution in [-0.2, 0) is 14.3 Å². The number of carbonyl (C=O) groups is 2. The number of esters is 1. The highest BCUT2D eigenvalue weighted by Crippen LogP contribution is 2.24. The number of ether oxygens (including phenoxy) is 2. The average Bonchev–Trinajstić information content (AvgIpc) is 2.73. The second kappa shape index (κ2) is 6.55. The summed E-state index contributed by atoms with van der Waals surface area (Å²) in [6.07, 6.45) is 2.81. The van der Waals surface area contributed by atoms with Crippen LogP contribution in [0.25, 0.3) is 0 Å². The average molecular weight is 300 g/mol. The van der Waals surface area contributed by atoms with E-state index in [1.807, 2.05) is 0 Å². The van der Waals surface area contributed by atoms with Crippen LogP contribution in [0.5, 0.6) is 0 Å². The summed E-state index contributed by atoms with van der Waals surface area (Å²) in [6, 6.07) is -1.87. The molecule has 1 amide bonds. The number of hydrogen-bond donors (Lipinski definition) is 1. The Labute approximate surface area is 122 Å². The van der Waals surface area contributed by atoms with Crippen molar-refractivity contribution in [1.82, 2.24) is 5.32 Å². The van der Waals surface area contributed by atoms with Gasteiger partial charge in [0.2, 0.25) is 0 Å². The van der Waals surface area contributed by atoms with E-state index in [1.54, 1.807) is 32.9 Å². The minimum Gasteiger partial charge on any atom is -0.464 e. The topological polar surface area (TPSA) is 108 Å². The molecule has 0 saturated heterocycles. The Morgan fingerprint density at radius 2 is 2.00 bits per heavy atom. The number of nitrogens with one attached hydrogen (secondary N) is 1. The quantitative estimate of drug-likeness (QED) is 0.362. The van der Waals surface area contributed by atoms with Gasteiger partial charge in [-0.2, -0.15) is 0 Å². The van der Waals surface area contributed by atoms with Gasteiger partial charge in [-0.1, -0.05) is 12.2 Å². The fourth-order valence-corrected chi connectivity index (χ4v) is 2.07. The molecule has 21 heavy (non-hydrogen) atoms. The predicted octanol–water partition coefficient (Wildman–Crippen LogP) is 1.27. The molecule has 0 radical (unpaired) electrons. The Bertz CT molecular complexity index is 454. The van der Waals surface area contributed by atoms with Crippen LogP contribution in [0.1, 0.15) is 27.2 Å². The van der Waals surface area contributed by atoms with Gasteiger partial charge in [-0.15, -0.1) is 0 Å². The number of hydrogen-bond acceptors (Lipinski definition) is 6. The number of methoxy groups -OCH3 is 1. The molecule has 118 valence electrons. The monoisotopic (exact) mass is 300 g/mol. The maximum Gasteiger partial charge on any atom is 0.408 e. The van der Waals surface area contributed by atoms with Crippen LogP contribution in [0, 0.1) is 16.0 Å². The Morgan fingerprint density at radius 3 is 2.48 bits per heavy atom. The highest BCUT2D eigenvalue weighted by molar-refractivity contribution is 5.75. The van der Waals surface area contributed by atoms with E-state index < -0.39 is 40.6 Å². The summed E-state index contributed by atoms with van der Waals surface area (Å²) in [6.45, 7) is 5.21. The summed E-state index contributed by atoms with van der Waals surface area (Å²) in [5.74, 6) is -1.51. The number of nitro groups is 1. The van der Waals surface area contributed by atoms with Gasteiger partial charge < -0.3 is 14.8 Å². The molecule has 1 aliphatic rings. The first kappa shape index (κ1) is 16.9. The highest BCUT2D eigenvalue weighted by atomic mass is 16.6. The first-order chi connectivity index (χ1) is 9.64. The van der Waals surface area contributed by atoms with E-state index in [-0.39, 0.29) is 6.42 Å². The molecule has 0 aliphatic heterocycles. The minimum absolute atomic E-state index is 0.250. The number of alkyl carbamates (subject to hydrolysis) is 1. The minimum atomic E-state index is -1.46. The summed E-state index contributed by atoms with van der Waals surface area (Å²) >= 11 is 0. The summed E-state index contributed by atoms with van der Waals surface area (Å²) in [7, 11) is 1.11. The number of nitrogens with zero attached hydrogens (tertiary/aromatic N) is 1. The second-order valence-electron chi connectivity index (χ2n) is 5.79. The van der Waals surface area contributed by atoms with E-state index in [0.29, 0.717) is 0 Å². The summed E-state index contributed by atoms with van der Waals surface area (Å²) in [5, 5.41) is 13.6. The van der Waals surface area contributed by atoms with Crippen molar-refractivity contribution in [2.45, 2.75) is 44.9 Å². The Kier molecular flexibility index (Phi) is 5.28. The summed E-state index contributed by atoms with van der Waals surface area (Å²) < 4.78 is 9.54. The van der Waals surface area contributed by atoms with Crippen LogP contribution in [-0.4, -0.2) is 41.8 Å². The first-order valence-corrected chi connectivity index (χ1v) is 6.53. The Morgan fingerprint density at radius 1 is 1.38 bits per heavy atom. The third-order valence-electron chi connectivity index (χ3n) is 2.89. The fourth-order valence-electron chi connectivity index (χ4n) is 2.07. The van der Waals surface area contributed by atoms with Crippen LogP contribution in [0.4, 0.5) is 4.79 Å². The van der Waals surface area contributed by atoms with Gasteiger partial charge in [0.1, 0.15) is 5.60 Å². The van der Waals surface area contributed by atoms with Crippen molar-refractivity contribution in [2.75, 3.05) is 7.11 Å². The van der Waals surface area contributed by atoms with Crippen LogP contribution in [0.2, 0.25) is 0 Å². The van der Waals surface area contributed by atoms with Gasteiger partial charge in [-0.3, -0.25) is 10.1 Å². The molecule has 0 fully saturated rings. The lowest BCUT2D eigenvalue weighted by Gasteiger charge is -2.21. The van der Waals surface area contributed by atoms with E-state index in [4.69, 9.17) is 4.74 Å². The van der Waals surface area contributed by atoms with Crippen LogP contribution >= 0.6 is 0 Å². The second-order valence-corrected chi connectivity index (χ2v) is 5.79. The SMILES string of the molecule is COC(=O)C([C@@H]1C=C[C@H](NC(=O)OC(C)(C)C)C1)[N+](=O)[O-]. The van der Waals surface area contributed by atoms with Gasteiger partial charge in [0.15, 0.2) is 0 Å². The van der Waals surface area contributed by atoms with Gasteiger partial charge in [0.25, 0.3) is 0 Å². The van der Waals surface area contributed by atoms with Crippen LogP contribution in [0.15, 0.2) is 12.2 Å². The van der Waals surface area contributed by atoms with Gasteiger partial charge in [-0.05, 0) is 27.2 Å². The van der Waals surface area contributed by atoms with E-state index in [1.165, 1.54) is 0 Å². The molecule has 1 rings (SSSR count). The zero-order valence-electron chi connectivity index (χ0n) is 12.5. The predicted molar refractivity (Wildman–Crippen MR) is 73.2 cm³/mol. The van der Waals surface area contributed by atoms with Crippen molar-refractivity contribution in [3.8, 4) is 0 Å². The first-order valence-electron chi connectivity index (χ1n) is 6.53. The van der Waals surface area contributed by atoms with Gasteiger partial charge in [-0.25, -0.2) is 9.59 Å². The zero-order valence-corrected chi connectivity index (χ0v) is 12.5. The molecule has 8 heteroatoms.